The number of rotatable bonds is 12. The molecular formula is C114H109BN4. The van der Waals surface area contributed by atoms with Crippen molar-refractivity contribution in [2.24, 2.45) is 0 Å². The lowest BCUT2D eigenvalue weighted by molar-refractivity contribution is 0.568. The summed E-state index contributed by atoms with van der Waals surface area (Å²) < 4.78 is 2.60. The third kappa shape index (κ3) is 14.3. The van der Waals surface area contributed by atoms with Crippen LogP contribution in [-0.4, -0.2) is 11.3 Å². The molecule has 0 atom stereocenters. The summed E-state index contributed by atoms with van der Waals surface area (Å²) in [7, 11) is 0. The molecule has 0 spiro atoms. The predicted molar refractivity (Wildman–Crippen MR) is 514 cm³/mol. The van der Waals surface area contributed by atoms with Gasteiger partial charge in [0.25, 0.3) is 6.71 Å². The van der Waals surface area contributed by atoms with E-state index >= 15 is 0 Å². The van der Waals surface area contributed by atoms with Crippen LogP contribution in [0.1, 0.15) is 158 Å². The first-order chi connectivity index (χ1) is 56.8. The Morgan fingerprint density at radius 2 is 0.538 bits per heavy atom. The molecule has 4 nitrogen and oxygen atoms in total. The summed E-state index contributed by atoms with van der Waals surface area (Å²) in [5.74, 6) is 0. The average molecular weight is 1550 g/mol. The lowest BCUT2D eigenvalue weighted by Gasteiger charge is -2.46. The molecule has 0 fully saturated rings. The fourth-order valence-corrected chi connectivity index (χ4v) is 18.2. The number of anilines is 9. The van der Waals surface area contributed by atoms with E-state index in [-0.39, 0.29) is 39.2 Å². The molecule has 588 valence electrons. The highest BCUT2D eigenvalue weighted by atomic mass is 15.2. The van der Waals surface area contributed by atoms with E-state index in [9.17, 15) is 0 Å². The number of fused-ring (bicyclic) bond motifs is 7. The van der Waals surface area contributed by atoms with Crippen LogP contribution in [0.3, 0.4) is 0 Å². The molecule has 1 aromatic heterocycles. The van der Waals surface area contributed by atoms with Crippen molar-refractivity contribution in [2.45, 2.75) is 157 Å². The standard InChI is InChI=1S/C114H109BN4/c1-109(2,3)82-59-80(60-83(65-82)110(4,5)6)78-53-56-98-102(63-78)118(107-93(74-39-25-19-26-40-74)67-86(113(13,14)15)68-94(107)75-41-27-20-28-42-75)104-72-91(117-100-52-38-37-51-92(100)97-71-90(55-58-101(97)117)116(88-47-33-23-34-48-88)89-49-35-24-36-50-89)73-105-106(104)115(98)99-57-54-79(81-61-84(111(7,8)9)66-85(62-81)112(10,11)12)64-103(99)119(105)108-95(76-43-29-21-30-44-76)69-87(114(16,17)18)70-96(108)77-45-31-22-32-46-77/h19-73H,1-18H3. The number of benzene rings is 15. The van der Waals surface area contributed by atoms with Crippen molar-refractivity contribution in [2.75, 3.05) is 14.7 Å². The van der Waals surface area contributed by atoms with Gasteiger partial charge in [-0.25, -0.2) is 0 Å². The van der Waals surface area contributed by atoms with E-state index in [2.05, 4.69) is 478 Å². The van der Waals surface area contributed by atoms with Gasteiger partial charge in [0, 0.05) is 72.8 Å². The van der Waals surface area contributed by atoms with Crippen LogP contribution in [0.4, 0.5) is 51.2 Å². The largest absolute Gasteiger partial charge is 0.310 e. The molecule has 3 heterocycles. The van der Waals surface area contributed by atoms with Gasteiger partial charge in [-0.1, -0.05) is 361 Å². The van der Waals surface area contributed by atoms with Crippen molar-refractivity contribution < 1.29 is 0 Å². The number of nitrogens with zero attached hydrogens (tertiary/aromatic N) is 4. The smallest absolute Gasteiger partial charge is 0.252 e. The second-order valence-corrected chi connectivity index (χ2v) is 39.5. The zero-order valence-corrected chi connectivity index (χ0v) is 72.6. The summed E-state index contributed by atoms with van der Waals surface area (Å²) >= 11 is 0. The molecule has 0 bridgehead atoms. The van der Waals surface area contributed by atoms with Gasteiger partial charge in [0.2, 0.25) is 0 Å². The number of hydrogen-bond donors (Lipinski definition) is 0. The van der Waals surface area contributed by atoms with Crippen LogP contribution in [-0.2, 0) is 32.5 Å². The molecule has 5 heteroatoms. The Balaban J connectivity index is 1.06. The molecule has 15 aromatic carbocycles. The van der Waals surface area contributed by atoms with E-state index in [0.29, 0.717) is 0 Å². The molecule has 0 aliphatic carbocycles. The molecule has 16 aromatic rings. The van der Waals surface area contributed by atoms with Crippen LogP contribution in [0.2, 0.25) is 0 Å². The number of aromatic nitrogens is 1. The lowest BCUT2D eigenvalue weighted by Crippen LogP contribution is -2.61. The first-order valence-electron chi connectivity index (χ1n) is 42.7. The Hall–Kier alpha value is -12.4. The van der Waals surface area contributed by atoms with Gasteiger partial charge < -0.3 is 19.3 Å². The van der Waals surface area contributed by atoms with E-state index < -0.39 is 0 Å². The van der Waals surface area contributed by atoms with Gasteiger partial charge >= 0.3 is 0 Å². The zero-order chi connectivity index (χ0) is 83.0. The van der Waals surface area contributed by atoms with Gasteiger partial charge in [-0.15, -0.1) is 0 Å². The highest BCUT2D eigenvalue weighted by Gasteiger charge is 2.47. The van der Waals surface area contributed by atoms with E-state index in [0.717, 1.165) is 129 Å². The molecule has 0 unspecified atom stereocenters. The van der Waals surface area contributed by atoms with E-state index in [4.69, 9.17) is 0 Å². The minimum atomic E-state index is -0.294. The summed E-state index contributed by atoms with van der Waals surface area (Å²) in [6.07, 6.45) is 0. The SMILES string of the molecule is CC(C)(C)c1cc(-c2ccc3c(c2)N(c2c(-c4ccccc4)cc(C(C)(C)C)cc2-c2ccccc2)c2cc(-n4c5ccccc5c5cc(N(c6ccccc6)c6ccccc6)ccc54)cc4c2B3c2ccc(-c3cc(C(C)(C)C)cc(C(C)(C)C)c3)cc2N4c2c(-c3ccccc3)cc(C(C)(C)C)cc2-c2ccccc2)cc(C(C)(C)C)c1. The molecule has 2 aliphatic rings. The summed E-state index contributed by atoms with van der Waals surface area (Å²) in [4.78, 5) is 7.92. The van der Waals surface area contributed by atoms with E-state index in [1.54, 1.807) is 0 Å². The normalized spacial score (nSPS) is 13.1. The molecule has 18 rings (SSSR count). The van der Waals surface area contributed by atoms with Gasteiger partial charge in [-0.3, -0.25) is 0 Å². The maximum Gasteiger partial charge on any atom is 0.252 e. The predicted octanol–water partition coefficient (Wildman–Crippen LogP) is 30.1. The molecule has 0 N–H and O–H groups in total. The monoisotopic (exact) mass is 1540 g/mol. The molecule has 2 aliphatic heterocycles. The quantitative estimate of drug-likeness (QED) is 0.113. The van der Waals surface area contributed by atoms with Crippen LogP contribution in [0.5, 0.6) is 0 Å². The Morgan fingerprint density at radius 3 is 0.882 bits per heavy atom. The molecule has 0 saturated heterocycles. The molecule has 0 amide bonds. The van der Waals surface area contributed by atoms with Gasteiger partial charge in [0.15, 0.2) is 0 Å². The maximum absolute atomic E-state index is 2.76. The van der Waals surface area contributed by atoms with Crippen molar-refractivity contribution in [1.82, 2.24) is 4.57 Å². The second kappa shape index (κ2) is 29.3. The summed E-state index contributed by atoms with van der Waals surface area (Å²) in [5, 5.41) is 2.32. The Morgan fingerprint density at radius 1 is 0.227 bits per heavy atom. The highest BCUT2D eigenvalue weighted by molar-refractivity contribution is 7.00. The van der Waals surface area contributed by atoms with Crippen molar-refractivity contribution in [3.63, 3.8) is 0 Å². The van der Waals surface area contributed by atoms with E-state index in [1.165, 1.54) is 66.3 Å². The minimum Gasteiger partial charge on any atom is -0.310 e. The third-order valence-corrected chi connectivity index (χ3v) is 25.0. The van der Waals surface area contributed by atoms with Crippen molar-refractivity contribution in [3.8, 4) is 72.4 Å². The Bertz CT molecular complexity index is 6050. The van der Waals surface area contributed by atoms with Gasteiger partial charge in [-0.05, 0) is 224 Å². The van der Waals surface area contributed by atoms with Crippen LogP contribution in [0.25, 0.3) is 94.3 Å². The van der Waals surface area contributed by atoms with Crippen LogP contribution in [0, 0.1) is 0 Å². The first-order valence-corrected chi connectivity index (χ1v) is 42.7. The third-order valence-electron chi connectivity index (χ3n) is 25.0. The molecular weight excluding hydrogens is 1440 g/mol. The zero-order valence-electron chi connectivity index (χ0n) is 72.6. The molecule has 0 saturated carbocycles. The fraction of sp³-hybridized carbons (Fsp3) is 0.211. The van der Waals surface area contributed by atoms with Gasteiger partial charge in [0.1, 0.15) is 0 Å². The number of hydrogen-bond acceptors (Lipinski definition) is 3. The molecule has 119 heavy (non-hydrogen) atoms. The molecule has 0 radical (unpaired) electrons. The summed E-state index contributed by atoms with van der Waals surface area (Å²) in [6.45, 7) is 42.3. The van der Waals surface area contributed by atoms with Crippen LogP contribution < -0.4 is 31.1 Å². The maximum atomic E-state index is 2.76. The topological polar surface area (TPSA) is 14.7 Å². The summed E-state index contributed by atoms with van der Waals surface area (Å²) in [6, 6.07) is 128. The van der Waals surface area contributed by atoms with Crippen molar-refractivity contribution in [3.05, 3.63) is 367 Å². The highest BCUT2D eigenvalue weighted by Crippen LogP contribution is 2.57. The second-order valence-electron chi connectivity index (χ2n) is 39.5. The van der Waals surface area contributed by atoms with Crippen molar-refractivity contribution >= 4 is 96.1 Å². The van der Waals surface area contributed by atoms with Gasteiger partial charge in [0.05, 0.1) is 28.1 Å². The fourth-order valence-electron chi connectivity index (χ4n) is 18.2. The van der Waals surface area contributed by atoms with E-state index in [1.807, 2.05) is 0 Å². The Kier molecular flexibility index (Phi) is 19.1. The summed E-state index contributed by atoms with van der Waals surface area (Å²) in [5.41, 5.74) is 37.6. The number of para-hydroxylation sites is 3. The van der Waals surface area contributed by atoms with Crippen molar-refractivity contribution in [1.29, 1.82) is 0 Å². The van der Waals surface area contributed by atoms with Gasteiger partial charge in [-0.2, -0.15) is 0 Å². The lowest BCUT2D eigenvalue weighted by atomic mass is 9.33. The average Bonchev–Trinajstić information content (AvgIpc) is 1.14. The first kappa shape index (κ1) is 77.8. The minimum absolute atomic E-state index is 0.129. The van der Waals surface area contributed by atoms with Crippen LogP contribution >= 0.6 is 0 Å². The Labute approximate surface area is 707 Å². The van der Waals surface area contributed by atoms with Crippen LogP contribution in [0.15, 0.2) is 334 Å².